The SMILES string of the molecule is O=C(O)c1ccc(S(=O)(=O)NO)s1. The summed E-state index contributed by atoms with van der Waals surface area (Å²) in [5.41, 5.74) is 0. The number of carboxylic acid groups (broad SMARTS) is 1. The van der Waals surface area contributed by atoms with Crippen LogP contribution in [0.25, 0.3) is 0 Å². The zero-order valence-electron chi connectivity index (χ0n) is 6.09. The Hall–Kier alpha value is -0.960. The molecule has 0 amide bonds. The molecule has 0 aliphatic heterocycles. The number of thiophene rings is 1. The van der Waals surface area contributed by atoms with Crippen molar-refractivity contribution in [2.24, 2.45) is 0 Å². The van der Waals surface area contributed by atoms with Crippen LogP contribution >= 0.6 is 11.3 Å². The molecule has 0 aromatic carbocycles. The Kier molecular flexibility index (Phi) is 2.66. The molecule has 0 aliphatic carbocycles. The third-order valence-corrected chi connectivity index (χ3v) is 3.86. The molecule has 0 atom stereocenters. The summed E-state index contributed by atoms with van der Waals surface area (Å²) in [4.78, 5) is 11.4. The van der Waals surface area contributed by atoms with E-state index in [1.54, 1.807) is 0 Å². The first-order valence-corrected chi connectivity index (χ1v) is 5.26. The van der Waals surface area contributed by atoms with Crippen LogP contribution in [0.2, 0.25) is 0 Å². The van der Waals surface area contributed by atoms with Gasteiger partial charge in [-0.3, -0.25) is 0 Å². The van der Waals surface area contributed by atoms with Gasteiger partial charge in [0.2, 0.25) is 0 Å². The van der Waals surface area contributed by atoms with Gasteiger partial charge in [0.05, 0.1) is 0 Å². The Morgan fingerprint density at radius 1 is 1.46 bits per heavy atom. The monoisotopic (exact) mass is 223 g/mol. The summed E-state index contributed by atoms with van der Waals surface area (Å²) in [5.74, 6) is -1.20. The van der Waals surface area contributed by atoms with E-state index in [2.05, 4.69) is 0 Å². The molecule has 1 heterocycles. The number of sulfonamides is 1. The average molecular weight is 223 g/mol. The topological polar surface area (TPSA) is 104 Å². The fraction of sp³-hybridized carbons (Fsp3) is 0. The average Bonchev–Trinajstić information content (AvgIpc) is 2.52. The van der Waals surface area contributed by atoms with Gasteiger partial charge in [0.15, 0.2) is 0 Å². The van der Waals surface area contributed by atoms with Gasteiger partial charge < -0.3 is 10.3 Å². The van der Waals surface area contributed by atoms with Gasteiger partial charge >= 0.3 is 5.97 Å². The maximum atomic E-state index is 10.9. The quantitative estimate of drug-likeness (QED) is 0.631. The second-order valence-corrected chi connectivity index (χ2v) is 4.99. The standard InChI is InChI=1S/C5H5NO5S2/c7-5(8)3-1-2-4(12-3)13(10,11)6-9/h1-2,6,9H,(H,7,8). The number of hydrogen-bond donors (Lipinski definition) is 3. The van der Waals surface area contributed by atoms with Crippen molar-refractivity contribution in [3.63, 3.8) is 0 Å². The first kappa shape index (κ1) is 10.1. The molecular weight excluding hydrogens is 218 g/mol. The predicted molar refractivity (Wildman–Crippen MR) is 43.4 cm³/mol. The fourth-order valence-electron chi connectivity index (χ4n) is 0.625. The van der Waals surface area contributed by atoms with Crippen LogP contribution in [0.4, 0.5) is 0 Å². The molecule has 6 nitrogen and oxygen atoms in total. The molecule has 1 aromatic heterocycles. The summed E-state index contributed by atoms with van der Waals surface area (Å²) in [6.07, 6.45) is 0. The minimum absolute atomic E-state index is 0.103. The van der Waals surface area contributed by atoms with E-state index < -0.39 is 16.0 Å². The lowest BCUT2D eigenvalue weighted by Gasteiger charge is -1.94. The van der Waals surface area contributed by atoms with Gasteiger partial charge in [0, 0.05) is 0 Å². The van der Waals surface area contributed by atoms with Crippen molar-refractivity contribution in [1.29, 1.82) is 0 Å². The Bertz CT molecular complexity index is 420. The normalized spacial score (nSPS) is 11.5. The van der Waals surface area contributed by atoms with E-state index in [1.165, 1.54) is 0 Å². The largest absolute Gasteiger partial charge is 0.477 e. The molecule has 0 saturated heterocycles. The van der Waals surface area contributed by atoms with E-state index in [0.717, 1.165) is 17.0 Å². The summed E-state index contributed by atoms with van der Waals surface area (Å²) in [6.45, 7) is 0. The van der Waals surface area contributed by atoms with Gasteiger partial charge in [0.1, 0.15) is 9.09 Å². The van der Waals surface area contributed by atoms with E-state index >= 15 is 0 Å². The van der Waals surface area contributed by atoms with Crippen molar-refractivity contribution in [2.75, 3.05) is 0 Å². The van der Waals surface area contributed by atoms with Crippen LogP contribution < -0.4 is 4.89 Å². The Morgan fingerprint density at radius 2 is 2.08 bits per heavy atom. The molecule has 0 aliphatic rings. The van der Waals surface area contributed by atoms with E-state index in [-0.39, 0.29) is 9.09 Å². The lowest BCUT2D eigenvalue weighted by Crippen LogP contribution is -2.17. The molecule has 13 heavy (non-hydrogen) atoms. The molecule has 0 fully saturated rings. The maximum absolute atomic E-state index is 10.9. The summed E-state index contributed by atoms with van der Waals surface area (Å²) < 4.78 is 21.5. The minimum atomic E-state index is -3.95. The first-order valence-electron chi connectivity index (χ1n) is 2.96. The van der Waals surface area contributed by atoms with Crippen LogP contribution in [0.15, 0.2) is 16.3 Å². The molecule has 0 bridgehead atoms. The zero-order valence-corrected chi connectivity index (χ0v) is 7.72. The third-order valence-electron chi connectivity index (χ3n) is 1.18. The number of aromatic carboxylic acids is 1. The molecule has 0 saturated carbocycles. The number of rotatable bonds is 3. The third kappa shape index (κ3) is 2.04. The minimum Gasteiger partial charge on any atom is -0.477 e. The molecule has 8 heteroatoms. The summed E-state index contributed by atoms with van der Waals surface area (Å²) >= 11 is 0.562. The van der Waals surface area contributed by atoms with Crippen LogP contribution in [0, 0.1) is 0 Å². The van der Waals surface area contributed by atoms with Crippen LogP contribution in [0.5, 0.6) is 0 Å². The fourth-order valence-corrected chi connectivity index (χ4v) is 2.36. The van der Waals surface area contributed by atoms with E-state index in [1.807, 2.05) is 0 Å². The number of carbonyl (C=O) groups is 1. The van der Waals surface area contributed by atoms with Crippen molar-refractivity contribution in [3.05, 3.63) is 17.0 Å². The number of carboxylic acids is 1. The Labute approximate surface area is 77.5 Å². The lowest BCUT2D eigenvalue weighted by atomic mass is 10.5. The van der Waals surface area contributed by atoms with Crippen LogP contribution in [0.1, 0.15) is 9.67 Å². The Morgan fingerprint density at radius 3 is 2.46 bits per heavy atom. The highest BCUT2D eigenvalue weighted by molar-refractivity contribution is 7.91. The van der Waals surface area contributed by atoms with Crippen LogP contribution in [0.3, 0.4) is 0 Å². The summed E-state index contributed by atoms with van der Waals surface area (Å²) in [5, 5.41) is 16.7. The van der Waals surface area contributed by atoms with Crippen molar-refractivity contribution < 1.29 is 23.5 Å². The number of hydrogen-bond acceptors (Lipinski definition) is 5. The zero-order chi connectivity index (χ0) is 10.1. The van der Waals surface area contributed by atoms with Gasteiger partial charge in [-0.25, -0.2) is 13.2 Å². The number of nitrogens with one attached hydrogen (secondary N) is 1. The van der Waals surface area contributed by atoms with Gasteiger partial charge in [-0.05, 0) is 12.1 Å². The van der Waals surface area contributed by atoms with Crippen molar-refractivity contribution in [2.45, 2.75) is 4.21 Å². The second kappa shape index (κ2) is 3.42. The molecular formula is C5H5NO5S2. The molecule has 1 rings (SSSR count). The molecule has 0 unspecified atom stereocenters. The molecule has 72 valence electrons. The highest BCUT2D eigenvalue weighted by Crippen LogP contribution is 2.20. The Balaban J connectivity index is 3.13. The van der Waals surface area contributed by atoms with Crippen LogP contribution in [-0.2, 0) is 10.0 Å². The molecule has 0 radical (unpaired) electrons. The van der Waals surface area contributed by atoms with E-state index in [9.17, 15) is 13.2 Å². The molecule has 0 spiro atoms. The van der Waals surface area contributed by atoms with E-state index in [4.69, 9.17) is 10.3 Å². The second-order valence-electron chi connectivity index (χ2n) is 2.02. The van der Waals surface area contributed by atoms with Crippen LogP contribution in [-0.4, -0.2) is 24.7 Å². The van der Waals surface area contributed by atoms with Crippen molar-refractivity contribution >= 4 is 27.3 Å². The maximum Gasteiger partial charge on any atom is 0.345 e. The van der Waals surface area contributed by atoms with Gasteiger partial charge in [0.25, 0.3) is 10.0 Å². The summed E-state index contributed by atoms with van der Waals surface area (Å²) in [7, 11) is -3.95. The molecule has 3 N–H and O–H groups in total. The predicted octanol–water partition coefficient (Wildman–Crippen LogP) is 0.114. The van der Waals surface area contributed by atoms with Gasteiger partial charge in [-0.1, -0.05) is 4.89 Å². The first-order chi connectivity index (χ1) is 5.97. The smallest absolute Gasteiger partial charge is 0.345 e. The van der Waals surface area contributed by atoms with E-state index in [0.29, 0.717) is 11.3 Å². The highest BCUT2D eigenvalue weighted by atomic mass is 32.2. The summed E-state index contributed by atoms with van der Waals surface area (Å²) in [6, 6.07) is 2.25. The van der Waals surface area contributed by atoms with Crippen molar-refractivity contribution in [1.82, 2.24) is 4.89 Å². The van der Waals surface area contributed by atoms with Gasteiger partial charge in [-0.15, -0.1) is 11.3 Å². The van der Waals surface area contributed by atoms with Crippen molar-refractivity contribution in [3.8, 4) is 0 Å². The lowest BCUT2D eigenvalue weighted by molar-refractivity contribution is 0.0702. The highest BCUT2D eigenvalue weighted by Gasteiger charge is 2.17. The van der Waals surface area contributed by atoms with Gasteiger partial charge in [-0.2, -0.15) is 0 Å². The molecule has 1 aromatic rings.